The fourth-order valence-electron chi connectivity index (χ4n) is 1.03. The smallest absolute Gasteiger partial charge is 0.114 e. The normalized spacial score (nSPS) is 11.9. The van der Waals surface area contributed by atoms with Crippen molar-refractivity contribution in [3.05, 3.63) is 27.7 Å². The Kier molecular flexibility index (Phi) is 4.24. The van der Waals surface area contributed by atoms with Gasteiger partial charge < -0.3 is 5.32 Å². The van der Waals surface area contributed by atoms with E-state index in [9.17, 15) is 0 Å². The molecule has 0 saturated carbocycles. The molecular weight excluding hydrogens is 263 g/mol. The molecule has 0 radical (unpaired) electrons. The van der Waals surface area contributed by atoms with Crippen molar-refractivity contribution < 1.29 is 0 Å². The van der Waals surface area contributed by atoms with Crippen molar-refractivity contribution in [3.8, 4) is 6.07 Å². The van der Waals surface area contributed by atoms with Gasteiger partial charge in [-0.15, -0.1) is 0 Å². The Balaban J connectivity index is 2.87. The molecule has 0 bridgehead atoms. The second kappa shape index (κ2) is 5.23. The summed E-state index contributed by atoms with van der Waals surface area (Å²) in [6, 6.07) is 7.52. The summed E-state index contributed by atoms with van der Waals surface area (Å²) >= 11 is 9.28. The van der Waals surface area contributed by atoms with Crippen LogP contribution in [-0.2, 0) is 0 Å². The SMILES string of the molecule is CCC(C#N)Nc1cccc(Cl)c1Br. The monoisotopic (exact) mass is 272 g/mol. The molecule has 1 rings (SSSR count). The molecule has 0 saturated heterocycles. The highest BCUT2D eigenvalue weighted by molar-refractivity contribution is 9.10. The van der Waals surface area contributed by atoms with Gasteiger partial charge in [0.15, 0.2) is 0 Å². The van der Waals surface area contributed by atoms with Gasteiger partial charge in [-0.2, -0.15) is 5.26 Å². The fourth-order valence-corrected chi connectivity index (χ4v) is 1.58. The van der Waals surface area contributed by atoms with Crippen molar-refractivity contribution in [3.63, 3.8) is 0 Å². The van der Waals surface area contributed by atoms with E-state index in [4.69, 9.17) is 16.9 Å². The summed E-state index contributed by atoms with van der Waals surface area (Å²) in [5, 5.41) is 12.5. The lowest BCUT2D eigenvalue weighted by molar-refractivity contribution is 0.844. The van der Waals surface area contributed by atoms with Crippen LogP contribution in [0.15, 0.2) is 22.7 Å². The van der Waals surface area contributed by atoms with E-state index >= 15 is 0 Å². The molecule has 0 heterocycles. The first-order valence-electron chi connectivity index (χ1n) is 4.29. The lowest BCUT2D eigenvalue weighted by atomic mass is 10.2. The Morgan fingerprint density at radius 3 is 2.93 bits per heavy atom. The van der Waals surface area contributed by atoms with Gasteiger partial charge in [0.2, 0.25) is 0 Å². The Bertz CT molecular complexity index is 360. The second-order valence-corrected chi connectivity index (χ2v) is 4.04. The van der Waals surface area contributed by atoms with E-state index in [0.29, 0.717) is 5.02 Å². The molecular formula is C10H10BrClN2. The van der Waals surface area contributed by atoms with Gasteiger partial charge in [0, 0.05) is 0 Å². The van der Waals surface area contributed by atoms with Gasteiger partial charge >= 0.3 is 0 Å². The maximum atomic E-state index is 8.79. The second-order valence-electron chi connectivity index (χ2n) is 2.84. The van der Waals surface area contributed by atoms with Gasteiger partial charge in [-0.25, -0.2) is 0 Å². The minimum Gasteiger partial charge on any atom is -0.369 e. The summed E-state index contributed by atoms with van der Waals surface area (Å²) in [6.07, 6.45) is 0.759. The molecule has 1 N–H and O–H groups in total. The molecule has 0 aliphatic carbocycles. The third-order valence-corrected chi connectivity index (χ3v) is 3.24. The van der Waals surface area contributed by atoms with Gasteiger partial charge in [-0.1, -0.05) is 24.6 Å². The minimum absolute atomic E-state index is 0.176. The van der Waals surface area contributed by atoms with E-state index in [-0.39, 0.29) is 6.04 Å². The molecule has 0 fully saturated rings. The Labute approximate surface area is 97.0 Å². The van der Waals surface area contributed by atoms with Crippen LogP contribution in [0.25, 0.3) is 0 Å². The Morgan fingerprint density at radius 1 is 1.64 bits per heavy atom. The summed E-state index contributed by atoms with van der Waals surface area (Å²) in [5.41, 5.74) is 0.853. The molecule has 1 atom stereocenters. The zero-order valence-corrected chi connectivity index (χ0v) is 10.1. The molecule has 2 nitrogen and oxygen atoms in total. The van der Waals surface area contributed by atoms with Gasteiger partial charge in [-0.05, 0) is 34.5 Å². The van der Waals surface area contributed by atoms with Gasteiger partial charge in [0.1, 0.15) is 6.04 Å². The maximum Gasteiger partial charge on any atom is 0.114 e. The van der Waals surface area contributed by atoms with Crippen molar-refractivity contribution in [1.82, 2.24) is 0 Å². The van der Waals surface area contributed by atoms with Crippen LogP contribution in [0.5, 0.6) is 0 Å². The third-order valence-electron chi connectivity index (χ3n) is 1.85. The molecule has 0 aliphatic heterocycles. The largest absolute Gasteiger partial charge is 0.369 e. The zero-order chi connectivity index (χ0) is 10.6. The van der Waals surface area contributed by atoms with Crippen molar-refractivity contribution in [1.29, 1.82) is 5.26 Å². The first-order chi connectivity index (χ1) is 6.69. The lowest BCUT2D eigenvalue weighted by Gasteiger charge is -2.12. The number of nitriles is 1. The van der Waals surface area contributed by atoms with Crippen LogP contribution >= 0.6 is 27.5 Å². The van der Waals surface area contributed by atoms with Crippen LogP contribution in [0.1, 0.15) is 13.3 Å². The molecule has 0 amide bonds. The summed E-state index contributed by atoms with van der Waals surface area (Å²) in [6.45, 7) is 1.96. The highest BCUT2D eigenvalue weighted by Gasteiger charge is 2.08. The summed E-state index contributed by atoms with van der Waals surface area (Å²) in [7, 11) is 0. The zero-order valence-electron chi connectivity index (χ0n) is 7.72. The summed E-state index contributed by atoms with van der Waals surface area (Å²) in [4.78, 5) is 0. The quantitative estimate of drug-likeness (QED) is 0.909. The minimum atomic E-state index is -0.176. The van der Waals surface area contributed by atoms with E-state index in [1.54, 1.807) is 6.07 Å². The van der Waals surface area contributed by atoms with E-state index in [1.807, 2.05) is 19.1 Å². The number of halogens is 2. The maximum absolute atomic E-state index is 8.79. The summed E-state index contributed by atoms with van der Waals surface area (Å²) in [5.74, 6) is 0. The molecule has 0 spiro atoms. The number of nitrogens with one attached hydrogen (secondary N) is 1. The predicted octanol–water partition coefficient (Wildman–Crippen LogP) is 3.82. The van der Waals surface area contributed by atoms with Crippen molar-refractivity contribution in [2.75, 3.05) is 5.32 Å². The first kappa shape index (κ1) is 11.4. The van der Waals surface area contributed by atoms with Crippen molar-refractivity contribution in [2.45, 2.75) is 19.4 Å². The third kappa shape index (κ3) is 2.63. The summed E-state index contributed by atoms with van der Waals surface area (Å²) < 4.78 is 0.801. The van der Waals surface area contributed by atoms with E-state index in [1.165, 1.54) is 0 Å². The van der Waals surface area contributed by atoms with Gasteiger partial charge in [0.25, 0.3) is 0 Å². The number of nitrogens with zero attached hydrogens (tertiary/aromatic N) is 1. The molecule has 0 aromatic heterocycles. The Morgan fingerprint density at radius 2 is 2.36 bits per heavy atom. The standard InChI is InChI=1S/C10H10BrClN2/c1-2-7(6-13)14-9-5-3-4-8(12)10(9)11/h3-5,7,14H,2H2,1H3. The lowest BCUT2D eigenvalue weighted by Crippen LogP contribution is -2.15. The predicted molar refractivity (Wildman–Crippen MR) is 62.5 cm³/mol. The highest BCUT2D eigenvalue weighted by atomic mass is 79.9. The average Bonchev–Trinajstić information content (AvgIpc) is 2.20. The first-order valence-corrected chi connectivity index (χ1v) is 5.46. The molecule has 4 heteroatoms. The van der Waals surface area contributed by atoms with Gasteiger partial charge in [-0.3, -0.25) is 0 Å². The number of benzene rings is 1. The van der Waals surface area contributed by atoms with Crippen LogP contribution in [0.4, 0.5) is 5.69 Å². The van der Waals surface area contributed by atoms with Crippen LogP contribution in [0.3, 0.4) is 0 Å². The molecule has 1 aromatic rings. The highest BCUT2D eigenvalue weighted by Crippen LogP contribution is 2.30. The van der Waals surface area contributed by atoms with E-state index in [2.05, 4.69) is 27.3 Å². The van der Waals surface area contributed by atoms with Crippen LogP contribution in [0, 0.1) is 11.3 Å². The molecule has 0 aliphatic rings. The number of anilines is 1. The van der Waals surface area contributed by atoms with Crippen LogP contribution in [-0.4, -0.2) is 6.04 Å². The molecule has 1 aromatic carbocycles. The molecule has 14 heavy (non-hydrogen) atoms. The van der Waals surface area contributed by atoms with E-state index in [0.717, 1.165) is 16.6 Å². The number of hydrogen-bond acceptors (Lipinski definition) is 2. The average molecular weight is 274 g/mol. The van der Waals surface area contributed by atoms with Crippen LogP contribution < -0.4 is 5.32 Å². The van der Waals surface area contributed by atoms with Gasteiger partial charge in [0.05, 0.1) is 21.3 Å². The fraction of sp³-hybridized carbons (Fsp3) is 0.300. The topological polar surface area (TPSA) is 35.8 Å². The van der Waals surface area contributed by atoms with Crippen molar-refractivity contribution in [2.24, 2.45) is 0 Å². The van der Waals surface area contributed by atoms with Crippen LogP contribution in [0.2, 0.25) is 5.02 Å². The molecule has 74 valence electrons. The molecule has 1 unspecified atom stereocenters. The Hall–Kier alpha value is -0.720. The van der Waals surface area contributed by atoms with E-state index < -0.39 is 0 Å². The number of hydrogen-bond donors (Lipinski definition) is 1. The van der Waals surface area contributed by atoms with Crippen molar-refractivity contribution >= 4 is 33.2 Å². The number of rotatable bonds is 3.